The van der Waals surface area contributed by atoms with Gasteiger partial charge in [-0.05, 0) is 17.7 Å². The molecule has 0 spiro atoms. The maximum Gasteiger partial charge on any atom is 0.235 e. The molecule has 0 N–H and O–H groups in total. The van der Waals surface area contributed by atoms with Gasteiger partial charge in [-0.3, -0.25) is 14.9 Å². The first-order valence-corrected chi connectivity index (χ1v) is 4.12. The maximum atomic E-state index is 10.7. The third-order valence-corrected chi connectivity index (χ3v) is 1.80. The minimum atomic E-state index is -0.585. The molecule has 15 heavy (non-hydrogen) atoms. The number of nitro groups is 1. The molecule has 1 aromatic rings. The second-order valence-corrected chi connectivity index (χ2v) is 2.71. The summed E-state index contributed by atoms with van der Waals surface area (Å²) in [6, 6.07) is 4.74. The number of hydrogen-bond donors (Lipinski definition) is 0. The number of rotatable bonds is 4. The lowest BCUT2D eigenvalue weighted by molar-refractivity contribution is -0.400. The lowest BCUT2D eigenvalue weighted by Gasteiger charge is -2.02. The van der Waals surface area contributed by atoms with E-state index in [-0.39, 0.29) is 0 Å². The summed E-state index contributed by atoms with van der Waals surface area (Å²) < 4.78 is 4.92. The SMILES string of the molecule is COc1ccc(/C=C/[N+](=O)[O-])c(C=O)c1. The zero-order valence-electron chi connectivity index (χ0n) is 8.04. The number of ether oxygens (including phenoxy) is 1. The fourth-order valence-electron chi connectivity index (χ4n) is 1.07. The molecule has 5 nitrogen and oxygen atoms in total. The van der Waals surface area contributed by atoms with Crippen LogP contribution in [-0.2, 0) is 0 Å². The Morgan fingerprint density at radius 3 is 2.67 bits per heavy atom. The number of benzene rings is 1. The fraction of sp³-hybridized carbons (Fsp3) is 0.100. The molecule has 1 rings (SSSR count). The zero-order chi connectivity index (χ0) is 11.3. The van der Waals surface area contributed by atoms with Gasteiger partial charge in [0.15, 0.2) is 6.29 Å². The number of methoxy groups -OCH3 is 1. The summed E-state index contributed by atoms with van der Waals surface area (Å²) in [5.74, 6) is 0.537. The standard InChI is InChI=1S/C10H9NO4/c1-15-10-3-2-8(4-5-11(13)14)9(6-10)7-12/h2-7H,1H3/b5-4+. The molecule has 0 saturated heterocycles. The van der Waals surface area contributed by atoms with Crippen LogP contribution in [0.3, 0.4) is 0 Å². The van der Waals surface area contributed by atoms with E-state index < -0.39 is 4.92 Å². The minimum Gasteiger partial charge on any atom is -0.497 e. The van der Waals surface area contributed by atoms with Crippen molar-refractivity contribution in [2.45, 2.75) is 0 Å². The van der Waals surface area contributed by atoms with Crippen LogP contribution in [0.4, 0.5) is 0 Å². The minimum absolute atomic E-state index is 0.354. The van der Waals surface area contributed by atoms with Gasteiger partial charge in [-0.15, -0.1) is 0 Å². The summed E-state index contributed by atoms with van der Waals surface area (Å²) in [4.78, 5) is 20.2. The van der Waals surface area contributed by atoms with Crippen LogP contribution in [0.15, 0.2) is 24.4 Å². The Kier molecular flexibility index (Phi) is 3.56. The molecule has 0 radical (unpaired) electrons. The molecular formula is C10H9NO4. The number of carbonyl (C=O) groups is 1. The van der Waals surface area contributed by atoms with Crippen molar-refractivity contribution in [3.8, 4) is 5.75 Å². The topological polar surface area (TPSA) is 69.4 Å². The van der Waals surface area contributed by atoms with Crippen LogP contribution in [0.1, 0.15) is 15.9 Å². The van der Waals surface area contributed by atoms with Crippen LogP contribution in [0.5, 0.6) is 5.75 Å². The highest BCUT2D eigenvalue weighted by Crippen LogP contribution is 2.17. The molecule has 0 aliphatic carbocycles. The van der Waals surface area contributed by atoms with Gasteiger partial charge in [0, 0.05) is 11.6 Å². The van der Waals surface area contributed by atoms with Gasteiger partial charge in [0.05, 0.1) is 12.0 Å². The lowest BCUT2D eigenvalue weighted by atomic mass is 10.1. The summed E-state index contributed by atoms with van der Waals surface area (Å²) >= 11 is 0. The highest BCUT2D eigenvalue weighted by Gasteiger charge is 2.01. The van der Waals surface area contributed by atoms with Crippen LogP contribution >= 0.6 is 0 Å². The van der Waals surface area contributed by atoms with Gasteiger partial charge >= 0.3 is 0 Å². The molecule has 0 aliphatic rings. The molecule has 5 heteroatoms. The first-order valence-electron chi connectivity index (χ1n) is 4.12. The molecule has 0 atom stereocenters. The van der Waals surface area contributed by atoms with Gasteiger partial charge in [-0.2, -0.15) is 0 Å². The smallest absolute Gasteiger partial charge is 0.235 e. The molecule has 0 fully saturated rings. The Hall–Kier alpha value is -2.17. The Morgan fingerprint density at radius 1 is 1.40 bits per heavy atom. The van der Waals surface area contributed by atoms with E-state index in [4.69, 9.17) is 4.74 Å². The molecular weight excluding hydrogens is 198 g/mol. The third-order valence-electron chi connectivity index (χ3n) is 1.80. The summed E-state index contributed by atoms with van der Waals surface area (Å²) in [5.41, 5.74) is 0.843. The van der Waals surface area contributed by atoms with E-state index in [1.165, 1.54) is 19.3 Å². The first-order chi connectivity index (χ1) is 7.17. The zero-order valence-corrected chi connectivity index (χ0v) is 8.04. The molecule has 0 saturated carbocycles. The molecule has 0 aromatic heterocycles. The first kappa shape index (κ1) is 10.9. The second-order valence-electron chi connectivity index (χ2n) is 2.71. The molecule has 1 aromatic carbocycles. The van der Waals surface area contributed by atoms with Crippen molar-refractivity contribution in [2.24, 2.45) is 0 Å². The maximum absolute atomic E-state index is 10.7. The van der Waals surface area contributed by atoms with E-state index in [0.29, 0.717) is 23.2 Å². The van der Waals surface area contributed by atoms with E-state index in [9.17, 15) is 14.9 Å². The largest absolute Gasteiger partial charge is 0.497 e. The molecule has 0 unspecified atom stereocenters. The number of carbonyl (C=O) groups excluding carboxylic acids is 1. The van der Waals surface area contributed by atoms with Gasteiger partial charge in [0.1, 0.15) is 5.75 Å². The third kappa shape index (κ3) is 2.91. The van der Waals surface area contributed by atoms with Gasteiger partial charge in [0.25, 0.3) is 0 Å². The molecule has 0 amide bonds. The van der Waals surface area contributed by atoms with Crippen molar-refractivity contribution in [3.05, 3.63) is 45.6 Å². The summed E-state index contributed by atoms with van der Waals surface area (Å²) in [5, 5.41) is 10.1. The second kappa shape index (κ2) is 4.90. The Morgan fingerprint density at radius 2 is 2.13 bits per heavy atom. The van der Waals surface area contributed by atoms with Crippen LogP contribution in [0.2, 0.25) is 0 Å². The van der Waals surface area contributed by atoms with Crippen molar-refractivity contribution in [1.82, 2.24) is 0 Å². The van der Waals surface area contributed by atoms with Crippen molar-refractivity contribution < 1.29 is 14.5 Å². The molecule has 0 aliphatic heterocycles. The predicted octanol–water partition coefficient (Wildman–Crippen LogP) is 1.76. The van der Waals surface area contributed by atoms with Gasteiger partial charge in [0.2, 0.25) is 6.20 Å². The molecule has 0 heterocycles. The van der Waals surface area contributed by atoms with Gasteiger partial charge in [-0.1, -0.05) is 6.07 Å². The highest BCUT2D eigenvalue weighted by molar-refractivity contribution is 5.82. The highest BCUT2D eigenvalue weighted by atomic mass is 16.6. The summed E-state index contributed by atoms with van der Waals surface area (Å²) in [6.45, 7) is 0. The average Bonchev–Trinajstić information content (AvgIpc) is 2.25. The van der Waals surface area contributed by atoms with Crippen LogP contribution in [-0.4, -0.2) is 18.3 Å². The van der Waals surface area contributed by atoms with E-state index in [1.807, 2.05) is 0 Å². The number of nitrogens with zero attached hydrogens (tertiary/aromatic N) is 1. The van der Waals surface area contributed by atoms with Gasteiger partial charge in [-0.25, -0.2) is 0 Å². The van der Waals surface area contributed by atoms with Crippen molar-refractivity contribution in [3.63, 3.8) is 0 Å². The van der Waals surface area contributed by atoms with Crippen molar-refractivity contribution >= 4 is 12.4 Å². The van der Waals surface area contributed by atoms with Crippen LogP contribution < -0.4 is 4.74 Å². The van der Waals surface area contributed by atoms with E-state index >= 15 is 0 Å². The van der Waals surface area contributed by atoms with Gasteiger partial charge < -0.3 is 4.74 Å². The lowest BCUT2D eigenvalue weighted by Crippen LogP contribution is -1.90. The fourth-order valence-corrected chi connectivity index (χ4v) is 1.07. The number of hydrogen-bond acceptors (Lipinski definition) is 4. The van der Waals surface area contributed by atoms with Crippen LogP contribution in [0.25, 0.3) is 6.08 Å². The monoisotopic (exact) mass is 207 g/mol. The summed E-state index contributed by atoms with van der Waals surface area (Å²) in [6.07, 6.45) is 2.68. The normalized spacial score (nSPS) is 10.2. The molecule has 0 bridgehead atoms. The van der Waals surface area contributed by atoms with E-state index in [2.05, 4.69) is 0 Å². The summed E-state index contributed by atoms with van der Waals surface area (Å²) in [7, 11) is 1.48. The average molecular weight is 207 g/mol. The van der Waals surface area contributed by atoms with E-state index in [0.717, 1.165) is 6.20 Å². The Bertz CT molecular complexity index is 412. The quantitative estimate of drug-likeness (QED) is 0.428. The Labute approximate surface area is 86.1 Å². The van der Waals surface area contributed by atoms with E-state index in [1.54, 1.807) is 12.1 Å². The number of aldehydes is 1. The Balaban J connectivity index is 3.07. The predicted molar refractivity (Wildman–Crippen MR) is 54.4 cm³/mol. The van der Waals surface area contributed by atoms with Crippen molar-refractivity contribution in [2.75, 3.05) is 7.11 Å². The van der Waals surface area contributed by atoms with Crippen LogP contribution in [0, 0.1) is 10.1 Å². The molecule has 78 valence electrons. The van der Waals surface area contributed by atoms with Crippen molar-refractivity contribution in [1.29, 1.82) is 0 Å².